The maximum absolute atomic E-state index is 10.6. The molecule has 0 saturated heterocycles. The molecule has 0 aliphatic heterocycles. The first-order valence-electron chi connectivity index (χ1n) is 6.39. The van der Waals surface area contributed by atoms with Gasteiger partial charge in [0.1, 0.15) is 11.6 Å². The van der Waals surface area contributed by atoms with Gasteiger partial charge in [0, 0.05) is 11.8 Å². The lowest BCUT2D eigenvalue weighted by molar-refractivity contribution is -0.145. The van der Waals surface area contributed by atoms with E-state index >= 15 is 0 Å². The zero-order chi connectivity index (χ0) is 16.6. The molecule has 0 aliphatic rings. The second-order valence-electron chi connectivity index (χ2n) is 5.05. The highest BCUT2D eigenvalue weighted by Crippen LogP contribution is 2.11. The predicted molar refractivity (Wildman–Crippen MR) is 73.3 cm³/mol. The van der Waals surface area contributed by atoms with Gasteiger partial charge in [0.25, 0.3) is 0 Å². The molecule has 20 heavy (non-hydrogen) atoms. The van der Waals surface area contributed by atoms with E-state index in [0.29, 0.717) is 0 Å². The molecule has 0 aliphatic carbocycles. The Bertz CT molecular complexity index is 302. The van der Waals surface area contributed by atoms with E-state index in [-0.39, 0.29) is 23.4 Å². The largest absolute Gasteiger partial charge is 0.481 e. The van der Waals surface area contributed by atoms with Crippen molar-refractivity contribution in [2.75, 3.05) is 0 Å². The van der Waals surface area contributed by atoms with E-state index in [1.165, 1.54) is 27.7 Å². The van der Waals surface area contributed by atoms with Crippen molar-refractivity contribution >= 4 is 23.5 Å². The van der Waals surface area contributed by atoms with Crippen LogP contribution in [-0.2, 0) is 19.2 Å². The first kappa shape index (κ1) is 20.6. The molecule has 0 aromatic heterocycles. The average Bonchev–Trinajstić information content (AvgIpc) is 2.35. The van der Waals surface area contributed by atoms with E-state index < -0.39 is 23.8 Å². The fourth-order valence-corrected chi connectivity index (χ4v) is 1.13. The van der Waals surface area contributed by atoms with Crippen LogP contribution in [0.4, 0.5) is 0 Å². The summed E-state index contributed by atoms with van der Waals surface area (Å²) in [7, 11) is 0. The molecule has 0 spiro atoms. The van der Waals surface area contributed by atoms with Gasteiger partial charge in [-0.1, -0.05) is 27.7 Å². The Balaban J connectivity index is 0. The maximum atomic E-state index is 10.6. The first-order chi connectivity index (χ1) is 8.93. The fraction of sp³-hybridized carbons (Fsp3) is 0.714. The van der Waals surface area contributed by atoms with E-state index in [1.807, 2.05) is 0 Å². The number of rotatable bonds is 6. The summed E-state index contributed by atoms with van der Waals surface area (Å²) < 4.78 is 0. The van der Waals surface area contributed by atoms with Crippen molar-refractivity contribution in [1.29, 1.82) is 0 Å². The van der Waals surface area contributed by atoms with Gasteiger partial charge in [0.2, 0.25) is 0 Å². The third kappa shape index (κ3) is 7.66. The molecule has 116 valence electrons. The van der Waals surface area contributed by atoms with Gasteiger partial charge < -0.3 is 10.2 Å². The maximum Gasteiger partial charge on any atom is 0.306 e. The molecule has 0 fully saturated rings. The summed E-state index contributed by atoms with van der Waals surface area (Å²) in [4.78, 5) is 41.8. The van der Waals surface area contributed by atoms with E-state index in [9.17, 15) is 19.2 Å². The van der Waals surface area contributed by atoms with Gasteiger partial charge >= 0.3 is 11.9 Å². The molecule has 4 atom stereocenters. The summed E-state index contributed by atoms with van der Waals surface area (Å²) in [6.07, 6.45) is 0. The Morgan fingerprint density at radius 2 is 0.800 bits per heavy atom. The molecule has 0 radical (unpaired) electrons. The van der Waals surface area contributed by atoms with E-state index in [2.05, 4.69) is 0 Å². The minimum Gasteiger partial charge on any atom is -0.481 e. The molecule has 0 amide bonds. The van der Waals surface area contributed by atoms with Crippen LogP contribution in [0.25, 0.3) is 0 Å². The standard InChI is InChI=1S/2C7H12O3/c2*1-4(6(3)8)5(2)7(9)10/h2*4-5H,1-3H3,(H,9,10). The molecule has 0 bridgehead atoms. The van der Waals surface area contributed by atoms with Crippen LogP contribution in [0.5, 0.6) is 0 Å². The highest BCUT2D eigenvalue weighted by atomic mass is 16.4. The van der Waals surface area contributed by atoms with E-state index in [4.69, 9.17) is 10.2 Å². The predicted octanol–water partition coefficient (Wildman–Crippen LogP) is 1.86. The smallest absolute Gasteiger partial charge is 0.306 e. The number of hydrogen-bond acceptors (Lipinski definition) is 4. The Labute approximate surface area is 119 Å². The Kier molecular flexibility index (Phi) is 9.50. The van der Waals surface area contributed by atoms with Crippen LogP contribution in [0.15, 0.2) is 0 Å². The van der Waals surface area contributed by atoms with Gasteiger partial charge in [-0.15, -0.1) is 0 Å². The molecular formula is C14H24O6. The third-order valence-electron chi connectivity index (χ3n) is 3.56. The normalized spacial score (nSPS) is 15.9. The van der Waals surface area contributed by atoms with Crippen LogP contribution >= 0.6 is 0 Å². The van der Waals surface area contributed by atoms with Crippen LogP contribution in [0.3, 0.4) is 0 Å². The summed E-state index contributed by atoms with van der Waals surface area (Å²) in [5, 5.41) is 16.9. The molecule has 0 rings (SSSR count). The molecule has 6 nitrogen and oxygen atoms in total. The molecule has 4 unspecified atom stereocenters. The number of carbonyl (C=O) groups is 4. The lowest BCUT2D eigenvalue weighted by atomic mass is 9.93. The molecule has 0 heterocycles. The third-order valence-corrected chi connectivity index (χ3v) is 3.56. The minimum absolute atomic E-state index is 0.0742. The van der Waals surface area contributed by atoms with Crippen LogP contribution in [0.1, 0.15) is 41.5 Å². The summed E-state index contributed by atoms with van der Waals surface area (Å²) in [5.41, 5.74) is 0. The Hall–Kier alpha value is -1.72. The van der Waals surface area contributed by atoms with Gasteiger partial charge in [-0.25, -0.2) is 0 Å². The number of carbonyl (C=O) groups excluding carboxylic acids is 2. The highest BCUT2D eigenvalue weighted by Gasteiger charge is 2.22. The monoisotopic (exact) mass is 288 g/mol. The number of carboxylic acid groups (broad SMARTS) is 2. The van der Waals surface area contributed by atoms with Crippen molar-refractivity contribution < 1.29 is 29.4 Å². The van der Waals surface area contributed by atoms with Gasteiger partial charge in [-0.2, -0.15) is 0 Å². The molecule has 2 N–H and O–H groups in total. The quantitative estimate of drug-likeness (QED) is 0.772. The molecule has 0 aromatic carbocycles. The van der Waals surface area contributed by atoms with Crippen LogP contribution < -0.4 is 0 Å². The zero-order valence-corrected chi connectivity index (χ0v) is 12.8. The second kappa shape index (κ2) is 9.23. The van der Waals surface area contributed by atoms with Crippen molar-refractivity contribution in [3.8, 4) is 0 Å². The van der Waals surface area contributed by atoms with Crippen molar-refractivity contribution in [2.45, 2.75) is 41.5 Å². The van der Waals surface area contributed by atoms with Gasteiger partial charge in [-0.3, -0.25) is 19.2 Å². The van der Waals surface area contributed by atoms with Crippen molar-refractivity contribution in [2.24, 2.45) is 23.7 Å². The minimum atomic E-state index is -0.914. The van der Waals surface area contributed by atoms with Crippen molar-refractivity contribution in [3.05, 3.63) is 0 Å². The van der Waals surface area contributed by atoms with Crippen molar-refractivity contribution in [3.63, 3.8) is 0 Å². The van der Waals surface area contributed by atoms with Crippen LogP contribution in [0.2, 0.25) is 0 Å². The van der Waals surface area contributed by atoms with Crippen LogP contribution in [0, 0.1) is 23.7 Å². The zero-order valence-electron chi connectivity index (χ0n) is 12.8. The van der Waals surface area contributed by atoms with Crippen LogP contribution in [-0.4, -0.2) is 33.7 Å². The molecular weight excluding hydrogens is 264 g/mol. The Morgan fingerprint density at radius 3 is 0.850 bits per heavy atom. The molecule has 6 heteroatoms. The molecule has 0 saturated carbocycles. The van der Waals surface area contributed by atoms with Gasteiger partial charge in [0.05, 0.1) is 11.8 Å². The summed E-state index contributed by atoms with van der Waals surface area (Å²) in [6, 6.07) is 0. The number of ketones is 2. The molecule has 0 aromatic rings. The first-order valence-corrected chi connectivity index (χ1v) is 6.39. The number of aliphatic carboxylic acids is 2. The second-order valence-corrected chi connectivity index (χ2v) is 5.05. The fourth-order valence-electron chi connectivity index (χ4n) is 1.13. The summed E-state index contributed by atoms with van der Waals surface area (Å²) in [5.74, 6) is -3.87. The van der Waals surface area contributed by atoms with E-state index in [1.54, 1.807) is 13.8 Å². The van der Waals surface area contributed by atoms with E-state index in [0.717, 1.165) is 0 Å². The topological polar surface area (TPSA) is 109 Å². The Morgan fingerprint density at radius 1 is 0.600 bits per heavy atom. The number of hydrogen-bond donors (Lipinski definition) is 2. The van der Waals surface area contributed by atoms with Gasteiger partial charge in [-0.05, 0) is 13.8 Å². The lowest BCUT2D eigenvalue weighted by Gasteiger charge is -2.10. The number of Topliss-reactive ketones (excluding diaryl/α,β-unsaturated/α-hetero) is 2. The number of carboxylic acids is 2. The average molecular weight is 288 g/mol. The summed E-state index contributed by atoms with van der Waals surface area (Å²) >= 11 is 0. The SMILES string of the molecule is CC(=O)C(C)C(C)C(=O)O.CC(=O)C(C)C(C)C(=O)O. The van der Waals surface area contributed by atoms with Gasteiger partial charge in [0.15, 0.2) is 0 Å². The summed E-state index contributed by atoms with van der Waals surface area (Å²) in [6.45, 7) is 9.14. The van der Waals surface area contributed by atoms with Crippen molar-refractivity contribution in [1.82, 2.24) is 0 Å². The lowest BCUT2D eigenvalue weighted by Crippen LogP contribution is -2.23. The highest BCUT2D eigenvalue weighted by molar-refractivity contribution is 5.84.